The van der Waals surface area contributed by atoms with Crippen LogP contribution in [0.2, 0.25) is 0 Å². The van der Waals surface area contributed by atoms with Gasteiger partial charge in [0.05, 0.1) is 0 Å². The van der Waals surface area contributed by atoms with E-state index in [-0.39, 0.29) is 0 Å². The van der Waals surface area contributed by atoms with Gasteiger partial charge in [0, 0.05) is 0 Å². The molecular weight excluding hydrogens is 244 g/mol. The van der Waals surface area contributed by atoms with Crippen molar-refractivity contribution < 1.29 is 5.11 Å². The Morgan fingerprint density at radius 2 is 1.40 bits per heavy atom. The minimum Gasteiger partial charge on any atom is -0.508 e. The van der Waals surface area contributed by atoms with E-state index in [0.29, 0.717) is 5.75 Å². The van der Waals surface area contributed by atoms with Crippen molar-refractivity contribution in [3.63, 3.8) is 0 Å². The lowest BCUT2D eigenvalue weighted by Gasteiger charge is -2.13. The molecule has 0 aliphatic carbocycles. The van der Waals surface area contributed by atoms with Crippen LogP contribution in [0, 0.1) is 0 Å². The summed E-state index contributed by atoms with van der Waals surface area (Å²) in [5.41, 5.74) is 5.17. The number of hydrogen-bond acceptors (Lipinski definition) is 1. The summed E-state index contributed by atoms with van der Waals surface area (Å²) in [6, 6.07) is 13.8. The van der Waals surface area contributed by atoms with Crippen LogP contribution in [0.4, 0.5) is 0 Å². The molecule has 2 rings (SSSR count). The molecule has 0 bridgehead atoms. The average molecular weight is 264 g/mol. The van der Waals surface area contributed by atoms with Crippen LogP contribution in [-0.2, 0) is 19.3 Å². The van der Waals surface area contributed by atoms with Crippen molar-refractivity contribution in [1.82, 2.24) is 0 Å². The highest BCUT2D eigenvalue weighted by atomic mass is 16.3. The number of aromatic hydroxyl groups is 1. The van der Waals surface area contributed by atoms with E-state index in [0.717, 1.165) is 19.3 Å². The first kappa shape index (κ1) is 14.1. The summed E-state index contributed by atoms with van der Waals surface area (Å²) in [6.07, 6.45) is 6.49. The lowest BCUT2D eigenvalue weighted by Crippen LogP contribution is -2.00. The summed E-state index contributed by atoms with van der Waals surface area (Å²) < 4.78 is 0. The van der Waals surface area contributed by atoms with Crippen molar-refractivity contribution in [2.45, 2.75) is 19.3 Å². The summed E-state index contributed by atoms with van der Waals surface area (Å²) in [7, 11) is 0. The molecule has 2 aromatic rings. The molecule has 0 saturated heterocycles. The van der Waals surface area contributed by atoms with E-state index in [9.17, 15) is 5.11 Å². The molecule has 0 aliphatic rings. The van der Waals surface area contributed by atoms with Crippen molar-refractivity contribution in [1.29, 1.82) is 0 Å². The third-order valence-corrected chi connectivity index (χ3v) is 3.42. The van der Waals surface area contributed by atoms with Gasteiger partial charge in [0.2, 0.25) is 0 Å². The number of phenolic OH excluding ortho intramolecular Hbond substituents is 1. The van der Waals surface area contributed by atoms with Crippen molar-refractivity contribution in [2.24, 2.45) is 0 Å². The Kier molecular flexibility index (Phi) is 4.78. The molecule has 0 saturated carbocycles. The van der Waals surface area contributed by atoms with Gasteiger partial charge in [-0.2, -0.15) is 0 Å². The summed E-state index contributed by atoms with van der Waals surface area (Å²) >= 11 is 0. The van der Waals surface area contributed by atoms with Crippen molar-refractivity contribution in [3.05, 3.63) is 90.0 Å². The SMILES string of the molecule is C=CCc1cccc(CC=C)c1Cc1ccc(O)cc1. The minimum atomic E-state index is 0.305. The van der Waals surface area contributed by atoms with Crippen LogP contribution in [0.15, 0.2) is 67.8 Å². The first-order valence-corrected chi connectivity index (χ1v) is 6.84. The highest BCUT2D eigenvalue weighted by Gasteiger charge is 2.07. The normalized spacial score (nSPS) is 10.2. The van der Waals surface area contributed by atoms with Crippen LogP contribution in [0.1, 0.15) is 22.3 Å². The molecule has 0 spiro atoms. The van der Waals surface area contributed by atoms with Gasteiger partial charge in [-0.25, -0.2) is 0 Å². The van der Waals surface area contributed by atoms with Crippen LogP contribution in [-0.4, -0.2) is 5.11 Å². The van der Waals surface area contributed by atoms with E-state index in [1.807, 2.05) is 24.3 Å². The van der Waals surface area contributed by atoms with E-state index < -0.39 is 0 Å². The Balaban J connectivity index is 2.38. The highest BCUT2D eigenvalue weighted by Crippen LogP contribution is 2.22. The van der Waals surface area contributed by atoms with Crippen LogP contribution in [0.3, 0.4) is 0 Å². The molecule has 0 heterocycles. The Morgan fingerprint density at radius 3 is 1.90 bits per heavy atom. The second kappa shape index (κ2) is 6.76. The van der Waals surface area contributed by atoms with E-state index in [1.165, 1.54) is 22.3 Å². The lowest BCUT2D eigenvalue weighted by atomic mass is 9.92. The van der Waals surface area contributed by atoms with Gasteiger partial charge in [0.15, 0.2) is 0 Å². The second-order valence-electron chi connectivity index (χ2n) is 4.88. The zero-order valence-electron chi connectivity index (χ0n) is 11.7. The Morgan fingerprint density at radius 1 is 0.850 bits per heavy atom. The first-order chi connectivity index (χ1) is 9.74. The number of rotatable bonds is 6. The van der Waals surface area contributed by atoms with E-state index >= 15 is 0 Å². The molecule has 1 heteroatoms. The van der Waals surface area contributed by atoms with E-state index in [4.69, 9.17) is 0 Å². The molecule has 0 aromatic heterocycles. The molecule has 0 amide bonds. The third kappa shape index (κ3) is 3.39. The average Bonchev–Trinajstić information content (AvgIpc) is 2.45. The van der Waals surface area contributed by atoms with Gasteiger partial charge in [-0.05, 0) is 53.6 Å². The molecule has 0 radical (unpaired) electrons. The fraction of sp³-hybridized carbons (Fsp3) is 0.158. The molecule has 0 unspecified atom stereocenters. The standard InChI is InChI=1S/C19H20O/c1-3-6-16-8-5-9-17(7-4-2)19(16)14-15-10-12-18(20)13-11-15/h3-5,8-13,20H,1-2,6-7,14H2. The molecule has 1 nitrogen and oxygen atoms in total. The van der Waals surface area contributed by atoms with E-state index in [2.05, 4.69) is 31.4 Å². The van der Waals surface area contributed by atoms with Gasteiger partial charge in [-0.1, -0.05) is 42.5 Å². The van der Waals surface area contributed by atoms with Gasteiger partial charge >= 0.3 is 0 Å². The molecule has 0 atom stereocenters. The van der Waals surface area contributed by atoms with Gasteiger partial charge in [-0.15, -0.1) is 13.2 Å². The molecule has 0 aliphatic heterocycles. The van der Waals surface area contributed by atoms with Crippen LogP contribution < -0.4 is 0 Å². The second-order valence-corrected chi connectivity index (χ2v) is 4.88. The maximum absolute atomic E-state index is 9.37. The Bertz CT molecular complexity index is 565. The fourth-order valence-corrected chi connectivity index (χ4v) is 2.43. The molecule has 0 fully saturated rings. The van der Waals surface area contributed by atoms with Crippen LogP contribution >= 0.6 is 0 Å². The summed E-state index contributed by atoms with van der Waals surface area (Å²) in [5, 5.41) is 9.37. The maximum atomic E-state index is 9.37. The smallest absolute Gasteiger partial charge is 0.115 e. The Labute approximate surface area is 120 Å². The summed E-state index contributed by atoms with van der Waals surface area (Å²) in [5.74, 6) is 0.305. The van der Waals surface area contributed by atoms with Gasteiger partial charge < -0.3 is 5.11 Å². The van der Waals surface area contributed by atoms with Gasteiger partial charge in [0.25, 0.3) is 0 Å². The topological polar surface area (TPSA) is 20.2 Å². The molecular formula is C19H20O. The molecule has 102 valence electrons. The monoisotopic (exact) mass is 264 g/mol. The van der Waals surface area contributed by atoms with Gasteiger partial charge in [-0.3, -0.25) is 0 Å². The zero-order valence-corrected chi connectivity index (χ0v) is 11.7. The summed E-state index contributed by atoms with van der Waals surface area (Å²) in [4.78, 5) is 0. The fourth-order valence-electron chi connectivity index (χ4n) is 2.43. The van der Waals surface area contributed by atoms with Crippen LogP contribution in [0.25, 0.3) is 0 Å². The quantitative estimate of drug-likeness (QED) is 0.765. The Hall–Kier alpha value is -2.28. The molecule has 2 aromatic carbocycles. The predicted molar refractivity (Wildman–Crippen MR) is 85.2 cm³/mol. The molecule has 1 N–H and O–H groups in total. The first-order valence-electron chi connectivity index (χ1n) is 6.84. The number of benzene rings is 2. The minimum absolute atomic E-state index is 0.305. The lowest BCUT2D eigenvalue weighted by molar-refractivity contribution is 0.475. The molecule has 20 heavy (non-hydrogen) atoms. The predicted octanol–water partition coefficient (Wildman–Crippen LogP) is 4.44. The number of hydrogen-bond donors (Lipinski definition) is 1. The highest BCUT2D eigenvalue weighted by molar-refractivity contribution is 5.41. The van der Waals surface area contributed by atoms with Gasteiger partial charge in [0.1, 0.15) is 5.75 Å². The number of allylic oxidation sites excluding steroid dienone is 2. The van der Waals surface area contributed by atoms with Crippen molar-refractivity contribution in [3.8, 4) is 5.75 Å². The van der Waals surface area contributed by atoms with Crippen molar-refractivity contribution >= 4 is 0 Å². The maximum Gasteiger partial charge on any atom is 0.115 e. The van der Waals surface area contributed by atoms with Crippen LogP contribution in [0.5, 0.6) is 5.75 Å². The number of phenols is 1. The largest absolute Gasteiger partial charge is 0.508 e. The third-order valence-electron chi connectivity index (χ3n) is 3.42. The zero-order chi connectivity index (χ0) is 14.4. The van der Waals surface area contributed by atoms with E-state index in [1.54, 1.807) is 12.1 Å². The van der Waals surface area contributed by atoms with Crippen molar-refractivity contribution in [2.75, 3.05) is 0 Å². The summed E-state index contributed by atoms with van der Waals surface area (Å²) in [6.45, 7) is 7.68.